The van der Waals surface area contributed by atoms with Crippen molar-refractivity contribution >= 4 is 11.6 Å². The van der Waals surface area contributed by atoms with Crippen LogP contribution in [0.5, 0.6) is 0 Å². The van der Waals surface area contributed by atoms with Gasteiger partial charge in [-0.3, -0.25) is 4.90 Å². The first-order valence-electron chi connectivity index (χ1n) is 9.64. The van der Waals surface area contributed by atoms with E-state index in [0.717, 1.165) is 23.4 Å². The van der Waals surface area contributed by atoms with Crippen LogP contribution < -0.4 is 5.32 Å². The van der Waals surface area contributed by atoms with E-state index in [2.05, 4.69) is 57.2 Å². The Bertz CT molecular complexity index is 499. The van der Waals surface area contributed by atoms with Crippen LogP contribution in [0.1, 0.15) is 58.4 Å². The van der Waals surface area contributed by atoms with E-state index in [4.69, 9.17) is 11.6 Å². The maximum atomic E-state index is 6.16. The van der Waals surface area contributed by atoms with Crippen molar-refractivity contribution in [1.29, 1.82) is 0 Å². The lowest BCUT2D eigenvalue weighted by Crippen LogP contribution is -2.63. The van der Waals surface area contributed by atoms with Crippen molar-refractivity contribution in [2.45, 2.75) is 64.5 Å². The topological polar surface area (TPSA) is 15.3 Å². The highest BCUT2D eigenvalue weighted by Gasteiger charge is 2.49. The molecule has 1 N–H and O–H groups in total. The van der Waals surface area contributed by atoms with Crippen molar-refractivity contribution in [3.8, 4) is 0 Å². The van der Waals surface area contributed by atoms with E-state index in [1.807, 2.05) is 12.1 Å². The van der Waals surface area contributed by atoms with Gasteiger partial charge in [0.25, 0.3) is 0 Å². The smallest absolute Gasteiger partial charge is 0.0612 e. The van der Waals surface area contributed by atoms with Gasteiger partial charge < -0.3 is 5.32 Å². The first kappa shape index (κ1) is 19.8. The summed E-state index contributed by atoms with van der Waals surface area (Å²) in [6.45, 7) is 8.00. The predicted octanol–water partition coefficient (Wildman–Crippen LogP) is 5.31. The van der Waals surface area contributed by atoms with Gasteiger partial charge in [0.2, 0.25) is 0 Å². The van der Waals surface area contributed by atoms with Gasteiger partial charge in [0.05, 0.1) is 5.54 Å². The Morgan fingerprint density at radius 2 is 1.88 bits per heavy atom. The van der Waals surface area contributed by atoms with E-state index in [-0.39, 0.29) is 5.54 Å². The van der Waals surface area contributed by atoms with Crippen LogP contribution in [0.3, 0.4) is 0 Å². The minimum atomic E-state index is 0.0471. The van der Waals surface area contributed by atoms with Gasteiger partial charge in [0, 0.05) is 11.1 Å². The lowest BCUT2D eigenvalue weighted by molar-refractivity contribution is -0.00320. The fraction of sp³-hybridized carbons (Fsp3) is 0.714. The third-order valence-electron chi connectivity index (χ3n) is 6.11. The molecule has 0 saturated heterocycles. The molecule has 1 aromatic rings. The molecule has 24 heavy (non-hydrogen) atoms. The number of hydrogen-bond donors (Lipinski definition) is 1. The standard InChI is InChI=1S/C21H35ClN2/c1-6-8-9-19-16(3)14-15-21(24(4)5,20(19)23-7-2)17-10-12-18(22)13-11-17/h10-13,16,19-20,23H,6-9,14-15H2,1-5H3. The Morgan fingerprint density at radius 3 is 2.42 bits per heavy atom. The number of benzene rings is 1. The number of unbranched alkanes of at least 4 members (excludes halogenated alkanes) is 1. The molecule has 4 atom stereocenters. The summed E-state index contributed by atoms with van der Waals surface area (Å²) in [6.07, 6.45) is 6.40. The minimum absolute atomic E-state index is 0.0471. The van der Waals surface area contributed by atoms with Gasteiger partial charge in [-0.05, 0) is 69.4 Å². The molecule has 0 aromatic heterocycles. The number of halogens is 1. The molecule has 0 bridgehead atoms. The summed E-state index contributed by atoms with van der Waals surface area (Å²) in [7, 11) is 4.48. The lowest BCUT2D eigenvalue weighted by Gasteiger charge is -2.55. The van der Waals surface area contributed by atoms with Crippen LogP contribution in [0.25, 0.3) is 0 Å². The molecule has 0 amide bonds. The fourth-order valence-corrected chi connectivity index (χ4v) is 4.88. The van der Waals surface area contributed by atoms with Crippen LogP contribution in [0.15, 0.2) is 24.3 Å². The first-order valence-corrected chi connectivity index (χ1v) is 10.0. The van der Waals surface area contributed by atoms with Crippen molar-refractivity contribution in [3.63, 3.8) is 0 Å². The summed E-state index contributed by atoms with van der Waals surface area (Å²) in [5.74, 6) is 1.50. The number of nitrogens with one attached hydrogen (secondary N) is 1. The van der Waals surface area contributed by atoms with Crippen molar-refractivity contribution in [3.05, 3.63) is 34.9 Å². The first-order chi connectivity index (χ1) is 11.5. The third-order valence-corrected chi connectivity index (χ3v) is 6.36. The second-order valence-electron chi connectivity index (χ2n) is 7.68. The highest BCUT2D eigenvalue weighted by molar-refractivity contribution is 6.30. The average molecular weight is 351 g/mol. The Balaban J connectivity index is 2.47. The van der Waals surface area contributed by atoms with E-state index in [0.29, 0.717) is 6.04 Å². The molecule has 1 saturated carbocycles. The fourth-order valence-electron chi connectivity index (χ4n) is 4.75. The van der Waals surface area contributed by atoms with Crippen LogP contribution in [0.2, 0.25) is 5.02 Å². The molecule has 1 aromatic carbocycles. The molecule has 3 heteroatoms. The van der Waals surface area contributed by atoms with Gasteiger partial charge >= 0.3 is 0 Å². The van der Waals surface area contributed by atoms with Crippen LogP contribution >= 0.6 is 11.6 Å². The largest absolute Gasteiger partial charge is 0.312 e. The Morgan fingerprint density at radius 1 is 1.21 bits per heavy atom. The van der Waals surface area contributed by atoms with Gasteiger partial charge in [-0.25, -0.2) is 0 Å². The third kappa shape index (κ3) is 3.81. The van der Waals surface area contributed by atoms with Crippen LogP contribution in [0, 0.1) is 11.8 Å². The Kier molecular flexibility index (Phi) is 7.15. The summed E-state index contributed by atoms with van der Waals surface area (Å²) >= 11 is 6.16. The molecule has 4 unspecified atom stereocenters. The molecular formula is C21H35ClN2. The molecule has 2 nitrogen and oxygen atoms in total. The zero-order valence-corrected chi connectivity index (χ0v) is 16.9. The summed E-state index contributed by atoms with van der Waals surface area (Å²) < 4.78 is 0. The summed E-state index contributed by atoms with van der Waals surface area (Å²) in [4.78, 5) is 2.45. The maximum absolute atomic E-state index is 6.16. The second-order valence-corrected chi connectivity index (χ2v) is 8.12. The molecule has 136 valence electrons. The lowest BCUT2D eigenvalue weighted by atomic mass is 9.62. The number of likely N-dealkylation sites (N-methyl/N-ethyl adjacent to an activating group) is 2. The quantitative estimate of drug-likeness (QED) is 0.716. The van der Waals surface area contributed by atoms with Gasteiger partial charge in [0.15, 0.2) is 0 Å². The van der Waals surface area contributed by atoms with Crippen LogP contribution in [0.4, 0.5) is 0 Å². The van der Waals surface area contributed by atoms with Crippen molar-refractivity contribution in [2.75, 3.05) is 20.6 Å². The molecule has 2 rings (SSSR count). The van der Waals surface area contributed by atoms with Gasteiger partial charge in [-0.2, -0.15) is 0 Å². The normalized spacial score (nSPS) is 30.7. The zero-order chi connectivity index (χ0) is 17.7. The highest BCUT2D eigenvalue weighted by atomic mass is 35.5. The minimum Gasteiger partial charge on any atom is -0.312 e. The van der Waals surface area contributed by atoms with E-state index in [1.165, 1.54) is 37.7 Å². The molecule has 0 heterocycles. The molecule has 0 aliphatic heterocycles. The summed E-state index contributed by atoms with van der Waals surface area (Å²) in [5, 5.41) is 4.70. The van der Waals surface area contributed by atoms with Crippen molar-refractivity contribution in [1.82, 2.24) is 10.2 Å². The van der Waals surface area contributed by atoms with Gasteiger partial charge in [-0.15, -0.1) is 0 Å². The van der Waals surface area contributed by atoms with Gasteiger partial charge in [0.1, 0.15) is 0 Å². The van der Waals surface area contributed by atoms with Gasteiger partial charge in [-0.1, -0.05) is 57.3 Å². The molecule has 1 aliphatic rings. The van der Waals surface area contributed by atoms with E-state index < -0.39 is 0 Å². The summed E-state index contributed by atoms with van der Waals surface area (Å²) in [5.41, 5.74) is 1.45. The predicted molar refractivity (Wildman–Crippen MR) is 106 cm³/mol. The Hall–Kier alpha value is -0.570. The molecule has 0 spiro atoms. The van der Waals surface area contributed by atoms with Crippen molar-refractivity contribution in [2.24, 2.45) is 11.8 Å². The number of hydrogen-bond acceptors (Lipinski definition) is 2. The molecular weight excluding hydrogens is 316 g/mol. The molecule has 1 aliphatic carbocycles. The summed E-state index contributed by atoms with van der Waals surface area (Å²) in [6, 6.07) is 9.04. The van der Waals surface area contributed by atoms with Crippen LogP contribution in [-0.4, -0.2) is 31.6 Å². The second kappa shape index (κ2) is 8.69. The highest BCUT2D eigenvalue weighted by Crippen LogP contribution is 2.47. The monoisotopic (exact) mass is 350 g/mol. The Labute approximate surface area is 154 Å². The number of nitrogens with zero attached hydrogens (tertiary/aromatic N) is 1. The average Bonchev–Trinajstić information content (AvgIpc) is 2.56. The van der Waals surface area contributed by atoms with Crippen LogP contribution in [-0.2, 0) is 5.54 Å². The van der Waals surface area contributed by atoms with E-state index >= 15 is 0 Å². The van der Waals surface area contributed by atoms with E-state index in [9.17, 15) is 0 Å². The molecule has 0 radical (unpaired) electrons. The van der Waals surface area contributed by atoms with E-state index in [1.54, 1.807) is 0 Å². The zero-order valence-electron chi connectivity index (χ0n) is 16.1. The maximum Gasteiger partial charge on any atom is 0.0612 e. The molecule has 1 fully saturated rings. The number of rotatable bonds is 7. The van der Waals surface area contributed by atoms with Crippen molar-refractivity contribution < 1.29 is 0 Å². The SMILES string of the molecule is CCCCC1C(C)CCC(c2ccc(Cl)cc2)(N(C)C)C1NCC.